The lowest BCUT2D eigenvalue weighted by atomic mass is 10.0. The van der Waals surface area contributed by atoms with Crippen molar-refractivity contribution in [2.75, 3.05) is 0 Å². The first-order valence-corrected chi connectivity index (χ1v) is 5.51. The van der Waals surface area contributed by atoms with Crippen LogP contribution >= 0.6 is 0 Å². The summed E-state index contributed by atoms with van der Waals surface area (Å²) >= 11 is 0. The van der Waals surface area contributed by atoms with Crippen LogP contribution in [0.3, 0.4) is 0 Å². The predicted molar refractivity (Wildman–Crippen MR) is 64.6 cm³/mol. The number of rotatable bonds is 4. The zero-order valence-electron chi connectivity index (χ0n) is 10.8. The molecule has 0 bridgehead atoms. The molecule has 0 spiro atoms. The fraction of sp³-hybridized carbons (Fsp3) is 0.600. The summed E-state index contributed by atoms with van der Waals surface area (Å²) < 4.78 is 1.36. The lowest BCUT2D eigenvalue weighted by Crippen LogP contribution is -2.40. The molecule has 18 heavy (non-hydrogen) atoms. The van der Waals surface area contributed by atoms with Gasteiger partial charge in [-0.15, -0.1) is 0 Å². The first kappa shape index (κ1) is 14.1. The Morgan fingerprint density at radius 1 is 1.50 bits per heavy atom. The average molecular weight is 255 g/mol. The second-order valence-corrected chi connectivity index (χ2v) is 4.42. The van der Waals surface area contributed by atoms with Crippen LogP contribution in [0.4, 0.5) is 5.69 Å². The molecule has 1 unspecified atom stereocenters. The maximum atomic E-state index is 11.7. The Kier molecular flexibility index (Phi) is 4.02. The summed E-state index contributed by atoms with van der Waals surface area (Å²) in [6.07, 6.45) is 0. The fourth-order valence-electron chi connectivity index (χ4n) is 1.97. The molecule has 3 N–H and O–H groups in total. The fourth-order valence-corrected chi connectivity index (χ4v) is 1.97. The number of hydrogen-bond acceptors (Lipinski definition) is 5. The van der Waals surface area contributed by atoms with Crippen LogP contribution in [0.1, 0.15) is 31.3 Å². The number of aromatic nitrogens is 2. The molecule has 100 valence electrons. The first-order valence-electron chi connectivity index (χ1n) is 5.51. The minimum atomic E-state index is -0.664. The van der Waals surface area contributed by atoms with E-state index in [-0.39, 0.29) is 17.3 Å². The molecular formula is C10H17N5O3. The molecule has 0 radical (unpaired) electrons. The van der Waals surface area contributed by atoms with E-state index in [0.29, 0.717) is 5.69 Å². The molecule has 1 heterocycles. The Morgan fingerprint density at radius 3 is 2.39 bits per heavy atom. The highest BCUT2D eigenvalue weighted by atomic mass is 16.6. The van der Waals surface area contributed by atoms with Gasteiger partial charge < -0.3 is 0 Å². The van der Waals surface area contributed by atoms with Gasteiger partial charge in [-0.2, -0.15) is 5.10 Å². The van der Waals surface area contributed by atoms with E-state index in [4.69, 9.17) is 5.84 Å². The summed E-state index contributed by atoms with van der Waals surface area (Å²) in [5.41, 5.74) is 2.63. The van der Waals surface area contributed by atoms with Crippen LogP contribution in [0.2, 0.25) is 0 Å². The monoisotopic (exact) mass is 255 g/mol. The number of aryl methyl sites for hydroxylation is 1. The molecule has 0 saturated carbocycles. The van der Waals surface area contributed by atoms with Crippen LogP contribution in [0, 0.1) is 29.9 Å². The molecule has 0 saturated heterocycles. The highest BCUT2D eigenvalue weighted by molar-refractivity contribution is 5.80. The van der Waals surface area contributed by atoms with Gasteiger partial charge in [0.05, 0.1) is 4.92 Å². The SMILES string of the molecule is Cc1nn(C(C(=O)NN)C(C)C)c(C)c1[N+](=O)[O-]. The summed E-state index contributed by atoms with van der Waals surface area (Å²) in [6, 6.07) is -0.664. The predicted octanol–water partition coefficient (Wildman–Crippen LogP) is 0.595. The van der Waals surface area contributed by atoms with Crippen molar-refractivity contribution in [2.45, 2.75) is 33.7 Å². The highest BCUT2D eigenvalue weighted by Crippen LogP contribution is 2.27. The van der Waals surface area contributed by atoms with Gasteiger partial charge >= 0.3 is 5.69 Å². The van der Waals surface area contributed by atoms with E-state index in [1.165, 1.54) is 4.68 Å². The number of hydrazine groups is 1. The number of nitrogens with one attached hydrogen (secondary N) is 1. The van der Waals surface area contributed by atoms with Crippen LogP contribution in [-0.2, 0) is 4.79 Å². The van der Waals surface area contributed by atoms with Gasteiger partial charge in [0.1, 0.15) is 17.4 Å². The molecule has 0 aliphatic carbocycles. The lowest BCUT2D eigenvalue weighted by Gasteiger charge is -2.20. The normalized spacial score (nSPS) is 12.6. The van der Waals surface area contributed by atoms with Gasteiger partial charge in [0.15, 0.2) is 0 Å². The van der Waals surface area contributed by atoms with Gasteiger partial charge in [-0.1, -0.05) is 13.8 Å². The standard InChI is InChI=1S/C10H17N5O3/c1-5(2)8(10(16)12-11)14-7(4)9(15(17)18)6(3)13-14/h5,8H,11H2,1-4H3,(H,12,16). The van der Waals surface area contributed by atoms with Crippen LogP contribution in [-0.4, -0.2) is 20.6 Å². The molecular weight excluding hydrogens is 238 g/mol. The van der Waals surface area contributed by atoms with Crippen molar-refractivity contribution >= 4 is 11.6 Å². The number of nitro groups is 1. The van der Waals surface area contributed by atoms with E-state index in [0.717, 1.165) is 0 Å². The molecule has 0 aromatic carbocycles. The van der Waals surface area contributed by atoms with E-state index in [1.54, 1.807) is 13.8 Å². The zero-order valence-corrected chi connectivity index (χ0v) is 10.8. The van der Waals surface area contributed by atoms with Gasteiger partial charge in [-0.25, -0.2) is 10.5 Å². The highest BCUT2D eigenvalue weighted by Gasteiger charge is 2.31. The van der Waals surface area contributed by atoms with Gasteiger partial charge in [-0.3, -0.25) is 20.3 Å². The smallest absolute Gasteiger partial charge is 0.292 e. The zero-order chi connectivity index (χ0) is 14.0. The molecule has 1 aromatic heterocycles. The van der Waals surface area contributed by atoms with Crippen LogP contribution < -0.4 is 11.3 Å². The Labute approximate surface area is 104 Å². The number of nitrogens with zero attached hydrogens (tertiary/aromatic N) is 3. The van der Waals surface area contributed by atoms with Gasteiger partial charge in [-0.05, 0) is 19.8 Å². The molecule has 0 aliphatic heterocycles. The van der Waals surface area contributed by atoms with Crippen molar-refractivity contribution in [3.05, 3.63) is 21.5 Å². The Balaban J connectivity index is 3.35. The van der Waals surface area contributed by atoms with E-state index < -0.39 is 16.9 Å². The largest absolute Gasteiger partial charge is 0.312 e. The maximum absolute atomic E-state index is 11.7. The average Bonchev–Trinajstić information content (AvgIpc) is 2.54. The number of carbonyl (C=O) groups is 1. The third-order valence-corrected chi connectivity index (χ3v) is 2.78. The van der Waals surface area contributed by atoms with Crippen LogP contribution in [0.25, 0.3) is 0 Å². The summed E-state index contributed by atoms with van der Waals surface area (Å²) in [7, 11) is 0. The number of nitrogens with two attached hydrogens (primary N) is 1. The Hall–Kier alpha value is -1.96. The number of hydrogen-bond donors (Lipinski definition) is 2. The third kappa shape index (κ3) is 2.33. The van der Waals surface area contributed by atoms with Crippen LogP contribution in [0.15, 0.2) is 0 Å². The quantitative estimate of drug-likeness (QED) is 0.353. The van der Waals surface area contributed by atoms with Crippen molar-refractivity contribution in [3.63, 3.8) is 0 Å². The number of carbonyl (C=O) groups excluding carboxylic acids is 1. The van der Waals surface area contributed by atoms with Crippen molar-refractivity contribution in [3.8, 4) is 0 Å². The van der Waals surface area contributed by atoms with Crippen LogP contribution in [0.5, 0.6) is 0 Å². The molecule has 8 nitrogen and oxygen atoms in total. The molecule has 0 fully saturated rings. The minimum absolute atomic E-state index is 0.0644. The van der Waals surface area contributed by atoms with Gasteiger partial charge in [0.2, 0.25) is 0 Å². The third-order valence-electron chi connectivity index (χ3n) is 2.78. The molecule has 1 rings (SSSR count). The number of amides is 1. The summed E-state index contributed by atoms with van der Waals surface area (Å²) in [5, 5.41) is 15.0. The molecule has 8 heteroatoms. The first-order chi connectivity index (χ1) is 8.31. The molecule has 0 aliphatic rings. The van der Waals surface area contributed by atoms with Crippen molar-refractivity contribution < 1.29 is 9.72 Å². The van der Waals surface area contributed by atoms with E-state index in [1.807, 2.05) is 13.8 Å². The summed E-state index contributed by atoms with van der Waals surface area (Å²) in [5.74, 6) is 4.61. The van der Waals surface area contributed by atoms with Crippen molar-refractivity contribution in [1.82, 2.24) is 15.2 Å². The minimum Gasteiger partial charge on any atom is -0.292 e. The maximum Gasteiger partial charge on any atom is 0.312 e. The summed E-state index contributed by atoms with van der Waals surface area (Å²) in [4.78, 5) is 22.2. The second kappa shape index (κ2) is 5.13. The van der Waals surface area contributed by atoms with Gasteiger partial charge in [0.25, 0.3) is 5.91 Å². The van der Waals surface area contributed by atoms with E-state index in [9.17, 15) is 14.9 Å². The van der Waals surface area contributed by atoms with Crippen molar-refractivity contribution in [1.29, 1.82) is 0 Å². The molecule has 1 aromatic rings. The van der Waals surface area contributed by atoms with Crippen molar-refractivity contribution in [2.24, 2.45) is 11.8 Å². The van der Waals surface area contributed by atoms with E-state index in [2.05, 4.69) is 10.5 Å². The topological polar surface area (TPSA) is 116 Å². The lowest BCUT2D eigenvalue weighted by molar-refractivity contribution is -0.386. The second-order valence-electron chi connectivity index (χ2n) is 4.42. The Morgan fingerprint density at radius 2 is 2.06 bits per heavy atom. The van der Waals surface area contributed by atoms with E-state index >= 15 is 0 Å². The Bertz CT molecular complexity index is 480. The summed E-state index contributed by atoms with van der Waals surface area (Å²) in [6.45, 7) is 6.75. The molecule has 1 amide bonds. The molecule has 1 atom stereocenters. The van der Waals surface area contributed by atoms with Gasteiger partial charge in [0, 0.05) is 0 Å².